The highest BCUT2D eigenvalue weighted by atomic mass is 35.5. The molecule has 0 fully saturated rings. The molecule has 3 nitrogen and oxygen atoms in total. The summed E-state index contributed by atoms with van der Waals surface area (Å²) in [7, 11) is 0. The Labute approximate surface area is 100 Å². The number of benzene rings is 1. The van der Waals surface area contributed by atoms with Crippen molar-refractivity contribution in [3.8, 4) is 11.8 Å². The van der Waals surface area contributed by atoms with E-state index < -0.39 is 6.10 Å². The van der Waals surface area contributed by atoms with Gasteiger partial charge in [0.2, 0.25) is 0 Å². The molecular formula is C12H14ClNO2. The van der Waals surface area contributed by atoms with Crippen molar-refractivity contribution in [2.75, 3.05) is 6.61 Å². The highest BCUT2D eigenvalue weighted by Gasteiger charge is 2.17. The second kappa shape index (κ2) is 5.20. The first-order valence-electron chi connectivity index (χ1n) is 5.06. The fraction of sp³-hybridized carbons (Fsp3) is 0.417. The Kier molecular flexibility index (Phi) is 4.17. The Morgan fingerprint density at radius 2 is 2.25 bits per heavy atom. The van der Waals surface area contributed by atoms with Gasteiger partial charge in [-0.2, -0.15) is 5.26 Å². The van der Waals surface area contributed by atoms with Crippen molar-refractivity contribution >= 4 is 11.6 Å². The van der Waals surface area contributed by atoms with Gasteiger partial charge in [-0.25, -0.2) is 0 Å². The molecule has 0 radical (unpaired) electrons. The van der Waals surface area contributed by atoms with Gasteiger partial charge in [-0.1, -0.05) is 11.6 Å². The van der Waals surface area contributed by atoms with Gasteiger partial charge in [-0.3, -0.25) is 0 Å². The maximum atomic E-state index is 9.62. The summed E-state index contributed by atoms with van der Waals surface area (Å²) >= 11 is 5.96. The van der Waals surface area contributed by atoms with Crippen LogP contribution in [0.5, 0.6) is 5.75 Å². The third-order valence-electron chi connectivity index (χ3n) is 2.35. The van der Waals surface area contributed by atoms with E-state index in [1.54, 1.807) is 19.9 Å². The summed E-state index contributed by atoms with van der Waals surface area (Å²) in [5.41, 5.74) is 1.69. The number of ether oxygens (including phenoxy) is 1. The molecule has 0 bridgehead atoms. The highest BCUT2D eigenvalue weighted by molar-refractivity contribution is 6.32. The van der Waals surface area contributed by atoms with E-state index in [4.69, 9.17) is 21.6 Å². The average molecular weight is 240 g/mol. The van der Waals surface area contributed by atoms with Gasteiger partial charge in [-0.15, -0.1) is 0 Å². The lowest BCUT2D eigenvalue weighted by molar-refractivity contribution is 0.192. The first-order valence-corrected chi connectivity index (χ1v) is 5.44. The third-order valence-corrected chi connectivity index (χ3v) is 2.65. The lowest BCUT2D eigenvalue weighted by Gasteiger charge is -2.16. The van der Waals surface area contributed by atoms with E-state index in [0.29, 0.717) is 34.1 Å². The molecule has 1 rings (SSSR count). The van der Waals surface area contributed by atoms with Crippen molar-refractivity contribution in [1.82, 2.24) is 0 Å². The molecule has 0 heterocycles. The fourth-order valence-corrected chi connectivity index (χ4v) is 1.87. The van der Waals surface area contributed by atoms with E-state index in [0.717, 1.165) is 0 Å². The minimum Gasteiger partial charge on any atom is -0.493 e. The average Bonchev–Trinajstić information content (AvgIpc) is 2.22. The number of hydrogen-bond donors (Lipinski definition) is 1. The van der Waals surface area contributed by atoms with Crippen LogP contribution in [0.25, 0.3) is 0 Å². The standard InChI is InChI=1S/C12H14ClNO2/c1-4-16-12-7(2)10(6-14)11(13)5-9(12)8(3)15/h5,8,15H,4H2,1-3H3. The van der Waals surface area contributed by atoms with Gasteiger partial charge < -0.3 is 9.84 Å². The molecular weight excluding hydrogens is 226 g/mol. The van der Waals surface area contributed by atoms with E-state index in [9.17, 15) is 5.11 Å². The van der Waals surface area contributed by atoms with E-state index in [-0.39, 0.29) is 0 Å². The third kappa shape index (κ3) is 2.29. The summed E-state index contributed by atoms with van der Waals surface area (Å²) in [4.78, 5) is 0. The molecule has 1 atom stereocenters. The summed E-state index contributed by atoms with van der Waals surface area (Å²) in [6.07, 6.45) is -0.675. The van der Waals surface area contributed by atoms with Crippen LogP contribution in [0.4, 0.5) is 0 Å². The molecule has 0 aliphatic heterocycles. The predicted octanol–water partition coefficient (Wildman–Crippen LogP) is 2.97. The Hall–Kier alpha value is -1.24. The van der Waals surface area contributed by atoms with Gasteiger partial charge in [0.05, 0.1) is 23.3 Å². The zero-order chi connectivity index (χ0) is 12.3. The lowest BCUT2D eigenvalue weighted by Crippen LogP contribution is -2.04. The quantitative estimate of drug-likeness (QED) is 0.882. The van der Waals surface area contributed by atoms with Crippen molar-refractivity contribution in [2.45, 2.75) is 26.9 Å². The first kappa shape index (κ1) is 12.8. The lowest BCUT2D eigenvalue weighted by atomic mass is 10.0. The molecule has 16 heavy (non-hydrogen) atoms. The monoisotopic (exact) mass is 239 g/mol. The van der Waals surface area contributed by atoms with Gasteiger partial charge in [0, 0.05) is 11.1 Å². The second-order valence-corrected chi connectivity index (χ2v) is 3.90. The number of aliphatic hydroxyl groups excluding tert-OH is 1. The zero-order valence-corrected chi connectivity index (χ0v) is 10.3. The van der Waals surface area contributed by atoms with Crippen LogP contribution < -0.4 is 4.74 Å². The number of nitriles is 1. The summed E-state index contributed by atoms with van der Waals surface area (Å²) in [6, 6.07) is 3.62. The molecule has 1 aromatic carbocycles. The minimum atomic E-state index is -0.675. The first-order chi connectivity index (χ1) is 7.52. The molecule has 1 unspecified atom stereocenters. The Morgan fingerprint density at radius 3 is 2.69 bits per heavy atom. The topological polar surface area (TPSA) is 53.2 Å². The van der Waals surface area contributed by atoms with Crippen molar-refractivity contribution in [3.05, 3.63) is 27.8 Å². The van der Waals surface area contributed by atoms with Gasteiger partial charge in [0.1, 0.15) is 11.8 Å². The van der Waals surface area contributed by atoms with Crippen molar-refractivity contribution in [1.29, 1.82) is 5.26 Å². The molecule has 1 N–H and O–H groups in total. The van der Waals surface area contributed by atoms with Gasteiger partial charge in [0.15, 0.2) is 0 Å². The molecule has 4 heteroatoms. The molecule has 86 valence electrons. The Morgan fingerprint density at radius 1 is 1.62 bits per heavy atom. The molecule has 0 aliphatic carbocycles. The highest BCUT2D eigenvalue weighted by Crippen LogP contribution is 2.35. The van der Waals surface area contributed by atoms with Gasteiger partial charge in [-0.05, 0) is 26.8 Å². The Balaban J connectivity index is 3.47. The summed E-state index contributed by atoms with van der Waals surface area (Å²) < 4.78 is 5.46. The van der Waals surface area contributed by atoms with Crippen LogP contribution in [-0.4, -0.2) is 11.7 Å². The largest absolute Gasteiger partial charge is 0.493 e. The molecule has 1 aromatic rings. The Bertz CT molecular complexity index is 436. The second-order valence-electron chi connectivity index (χ2n) is 3.50. The fourth-order valence-electron chi connectivity index (χ4n) is 1.57. The van der Waals surface area contributed by atoms with Crippen LogP contribution in [0.2, 0.25) is 5.02 Å². The smallest absolute Gasteiger partial charge is 0.129 e. The maximum absolute atomic E-state index is 9.62. The van der Waals surface area contributed by atoms with Gasteiger partial charge >= 0.3 is 0 Å². The molecule has 0 aliphatic rings. The van der Waals surface area contributed by atoms with Gasteiger partial charge in [0.25, 0.3) is 0 Å². The van der Waals surface area contributed by atoms with Crippen molar-refractivity contribution < 1.29 is 9.84 Å². The van der Waals surface area contributed by atoms with E-state index in [1.807, 2.05) is 13.0 Å². The number of halogens is 1. The van der Waals surface area contributed by atoms with E-state index in [2.05, 4.69) is 0 Å². The maximum Gasteiger partial charge on any atom is 0.129 e. The van der Waals surface area contributed by atoms with Crippen LogP contribution in [0, 0.1) is 18.3 Å². The number of aliphatic hydroxyl groups is 1. The molecule has 0 spiro atoms. The van der Waals surface area contributed by atoms with Crippen LogP contribution >= 0.6 is 11.6 Å². The summed E-state index contributed by atoms with van der Waals surface area (Å²) in [5, 5.41) is 18.9. The number of rotatable bonds is 3. The predicted molar refractivity (Wildman–Crippen MR) is 62.7 cm³/mol. The van der Waals surface area contributed by atoms with Crippen LogP contribution in [0.3, 0.4) is 0 Å². The normalized spacial score (nSPS) is 12.0. The van der Waals surface area contributed by atoms with E-state index >= 15 is 0 Å². The summed E-state index contributed by atoms with van der Waals surface area (Å²) in [5.74, 6) is 0.554. The SMILES string of the molecule is CCOc1c(C(C)O)cc(Cl)c(C#N)c1C. The molecule has 0 aromatic heterocycles. The molecule has 0 amide bonds. The van der Waals surface area contributed by atoms with Crippen molar-refractivity contribution in [2.24, 2.45) is 0 Å². The van der Waals surface area contributed by atoms with Crippen LogP contribution in [-0.2, 0) is 0 Å². The zero-order valence-electron chi connectivity index (χ0n) is 9.54. The number of hydrogen-bond acceptors (Lipinski definition) is 3. The van der Waals surface area contributed by atoms with Crippen LogP contribution in [0.15, 0.2) is 6.07 Å². The summed E-state index contributed by atoms with van der Waals surface area (Å²) in [6.45, 7) is 5.74. The van der Waals surface area contributed by atoms with Crippen molar-refractivity contribution in [3.63, 3.8) is 0 Å². The molecule has 0 saturated carbocycles. The minimum absolute atomic E-state index is 0.347. The van der Waals surface area contributed by atoms with E-state index in [1.165, 1.54) is 0 Å². The molecule has 0 saturated heterocycles. The number of nitrogens with zero attached hydrogens (tertiary/aromatic N) is 1. The van der Waals surface area contributed by atoms with Crippen LogP contribution in [0.1, 0.15) is 36.6 Å².